The Labute approximate surface area is 184 Å². The van der Waals surface area contributed by atoms with Crippen LogP contribution in [-0.4, -0.2) is 46.7 Å². The van der Waals surface area contributed by atoms with Crippen LogP contribution in [0, 0.1) is 6.92 Å². The Morgan fingerprint density at radius 3 is 2.62 bits per heavy atom. The molecule has 29 heavy (non-hydrogen) atoms. The molecule has 1 fully saturated rings. The van der Waals surface area contributed by atoms with E-state index in [2.05, 4.69) is 11.1 Å². The van der Waals surface area contributed by atoms with Gasteiger partial charge in [0, 0.05) is 42.7 Å². The zero-order valence-electron chi connectivity index (χ0n) is 16.1. The summed E-state index contributed by atoms with van der Waals surface area (Å²) in [5.74, 6) is -0.0995. The van der Waals surface area contributed by atoms with Crippen molar-refractivity contribution in [1.29, 1.82) is 0 Å². The minimum absolute atomic E-state index is 0.0995. The molecule has 0 bridgehead atoms. The van der Waals surface area contributed by atoms with Crippen LogP contribution in [0.5, 0.6) is 0 Å². The highest BCUT2D eigenvalue weighted by molar-refractivity contribution is 6.38. The normalized spacial score (nSPS) is 14.6. The maximum Gasteiger partial charge on any atom is 0.255 e. The van der Waals surface area contributed by atoms with Crippen molar-refractivity contribution in [2.24, 2.45) is 7.05 Å². The van der Waals surface area contributed by atoms with Crippen LogP contribution in [0.25, 0.3) is 11.0 Å². The van der Waals surface area contributed by atoms with Crippen molar-refractivity contribution in [3.05, 3.63) is 61.8 Å². The molecule has 1 saturated heterocycles. The number of amides is 1. The van der Waals surface area contributed by atoms with E-state index in [0.29, 0.717) is 53.5 Å². The zero-order valence-corrected chi connectivity index (χ0v) is 18.4. The summed E-state index contributed by atoms with van der Waals surface area (Å²) in [6.07, 6.45) is 0.478. The first kappa shape index (κ1) is 20.5. The van der Waals surface area contributed by atoms with Crippen LogP contribution in [0.4, 0.5) is 0 Å². The first-order valence-corrected chi connectivity index (χ1v) is 10.5. The number of aryl methyl sites for hydroxylation is 2. The molecular weight excluding hydrogens is 433 g/mol. The fourth-order valence-electron chi connectivity index (χ4n) is 3.67. The highest BCUT2D eigenvalue weighted by Gasteiger charge is 2.23. The molecule has 5 nitrogen and oxygen atoms in total. The van der Waals surface area contributed by atoms with E-state index < -0.39 is 0 Å². The summed E-state index contributed by atoms with van der Waals surface area (Å²) in [4.78, 5) is 19.1. The minimum Gasteiger partial charge on any atom is -0.378 e. The number of pyridine rings is 1. The smallest absolute Gasteiger partial charge is 0.255 e. The Morgan fingerprint density at radius 2 is 1.90 bits per heavy atom. The molecule has 3 aromatic rings. The van der Waals surface area contributed by atoms with E-state index in [1.807, 2.05) is 24.6 Å². The average molecular weight is 453 g/mol. The Kier molecular flexibility index (Phi) is 5.76. The molecular formula is C21H20Cl3N3O2. The van der Waals surface area contributed by atoms with Crippen molar-refractivity contribution in [2.45, 2.75) is 13.3 Å². The van der Waals surface area contributed by atoms with E-state index >= 15 is 0 Å². The van der Waals surface area contributed by atoms with E-state index in [4.69, 9.17) is 39.5 Å². The molecule has 0 unspecified atom stereocenters. The summed E-state index contributed by atoms with van der Waals surface area (Å²) in [6, 6.07) is 7.34. The second-order valence-electron chi connectivity index (χ2n) is 7.16. The average Bonchev–Trinajstić information content (AvgIpc) is 3.01. The van der Waals surface area contributed by atoms with Gasteiger partial charge >= 0.3 is 0 Å². The van der Waals surface area contributed by atoms with Gasteiger partial charge in [-0.15, -0.1) is 0 Å². The largest absolute Gasteiger partial charge is 0.378 e. The van der Waals surface area contributed by atoms with Crippen LogP contribution in [0.3, 0.4) is 0 Å². The zero-order chi connectivity index (χ0) is 20.7. The van der Waals surface area contributed by atoms with E-state index in [1.165, 1.54) is 0 Å². The van der Waals surface area contributed by atoms with Gasteiger partial charge in [0.15, 0.2) is 0 Å². The summed E-state index contributed by atoms with van der Waals surface area (Å²) in [7, 11) is 1.94. The molecule has 8 heteroatoms. The summed E-state index contributed by atoms with van der Waals surface area (Å²) in [6.45, 7) is 4.19. The summed E-state index contributed by atoms with van der Waals surface area (Å²) in [5, 5.41) is 2.40. The SMILES string of the molecule is Cc1cc(Cl)nc2c1cc(Cc1c(Cl)ccc(C(=O)N3CCOCC3)c1Cl)n2C. The number of hydrogen-bond donors (Lipinski definition) is 0. The Balaban J connectivity index is 1.72. The molecule has 0 N–H and O–H groups in total. The fraction of sp³-hybridized carbons (Fsp3) is 0.333. The molecule has 3 heterocycles. The van der Waals surface area contributed by atoms with Crippen molar-refractivity contribution in [3.63, 3.8) is 0 Å². The quantitative estimate of drug-likeness (QED) is 0.531. The maximum absolute atomic E-state index is 12.9. The van der Waals surface area contributed by atoms with E-state index in [9.17, 15) is 4.79 Å². The molecule has 152 valence electrons. The minimum atomic E-state index is -0.0995. The number of halogens is 3. The number of benzene rings is 1. The maximum atomic E-state index is 12.9. The van der Waals surface area contributed by atoms with Crippen LogP contribution >= 0.6 is 34.8 Å². The van der Waals surface area contributed by atoms with Crippen LogP contribution in [0.15, 0.2) is 24.3 Å². The van der Waals surface area contributed by atoms with Crippen LogP contribution < -0.4 is 0 Å². The molecule has 1 aliphatic heterocycles. The third kappa shape index (κ3) is 3.84. The van der Waals surface area contributed by atoms with Gasteiger partial charge in [-0.3, -0.25) is 4.79 Å². The molecule has 0 spiro atoms. The number of hydrogen-bond acceptors (Lipinski definition) is 3. The van der Waals surface area contributed by atoms with Gasteiger partial charge in [-0.2, -0.15) is 0 Å². The van der Waals surface area contributed by atoms with Gasteiger partial charge in [0.1, 0.15) is 10.8 Å². The first-order valence-electron chi connectivity index (χ1n) is 9.32. The van der Waals surface area contributed by atoms with Crippen molar-refractivity contribution in [2.75, 3.05) is 26.3 Å². The molecule has 1 amide bonds. The number of carbonyl (C=O) groups excluding carboxylic acids is 1. The highest BCUT2D eigenvalue weighted by Crippen LogP contribution is 2.33. The lowest BCUT2D eigenvalue weighted by atomic mass is 10.0. The Morgan fingerprint density at radius 1 is 1.17 bits per heavy atom. The lowest BCUT2D eigenvalue weighted by molar-refractivity contribution is 0.0303. The summed E-state index contributed by atoms with van der Waals surface area (Å²) in [5.41, 5.74) is 4.02. The number of morpholine rings is 1. The third-order valence-electron chi connectivity index (χ3n) is 5.35. The topological polar surface area (TPSA) is 47.4 Å². The predicted octanol–water partition coefficient (Wildman–Crippen LogP) is 4.91. The third-order valence-corrected chi connectivity index (χ3v) is 6.33. The molecule has 2 aromatic heterocycles. The molecule has 0 aliphatic carbocycles. The van der Waals surface area contributed by atoms with Gasteiger partial charge in [-0.05, 0) is 42.3 Å². The second-order valence-corrected chi connectivity index (χ2v) is 8.34. The highest BCUT2D eigenvalue weighted by atomic mass is 35.5. The van der Waals surface area contributed by atoms with E-state index in [-0.39, 0.29) is 5.91 Å². The van der Waals surface area contributed by atoms with Crippen molar-refractivity contribution in [3.8, 4) is 0 Å². The molecule has 1 aromatic carbocycles. The van der Waals surface area contributed by atoms with Crippen LogP contribution in [-0.2, 0) is 18.2 Å². The van der Waals surface area contributed by atoms with Crippen molar-refractivity contribution in [1.82, 2.24) is 14.5 Å². The van der Waals surface area contributed by atoms with E-state index in [1.54, 1.807) is 17.0 Å². The monoisotopic (exact) mass is 451 g/mol. The number of ether oxygens (including phenoxy) is 1. The standard InChI is InChI=1S/C21H20Cl3N3O2/c1-12-9-18(23)25-20-15(12)10-13(26(20)2)11-16-17(22)4-3-14(19(16)24)21(28)27-5-7-29-8-6-27/h3-4,9-10H,5-8,11H2,1-2H3. The number of nitrogens with zero attached hydrogens (tertiary/aromatic N) is 3. The van der Waals surface area contributed by atoms with Gasteiger partial charge in [-0.25, -0.2) is 4.98 Å². The molecule has 0 atom stereocenters. The fourth-order valence-corrected chi connectivity index (χ4v) is 4.50. The number of aromatic nitrogens is 2. The summed E-state index contributed by atoms with van der Waals surface area (Å²) >= 11 is 19.3. The lowest BCUT2D eigenvalue weighted by Crippen LogP contribution is -2.40. The van der Waals surface area contributed by atoms with Crippen molar-refractivity contribution < 1.29 is 9.53 Å². The second kappa shape index (κ2) is 8.15. The van der Waals surface area contributed by atoms with Gasteiger partial charge in [0.05, 0.1) is 23.8 Å². The Hall–Kier alpha value is -1.79. The van der Waals surface area contributed by atoms with Gasteiger partial charge in [-0.1, -0.05) is 34.8 Å². The van der Waals surface area contributed by atoms with Gasteiger partial charge < -0.3 is 14.2 Å². The van der Waals surface area contributed by atoms with E-state index in [0.717, 1.165) is 27.9 Å². The van der Waals surface area contributed by atoms with Crippen LogP contribution in [0.1, 0.15) is 27.2 Å². The van der Waals surface area contributed by atoms with Crippen molar-refractivity contribution >= 4 is 51.7 Å². The van der Waals surface area contributed by atoms with Crippen LogP contribution in [0.2, 0.25) is 15.2 Å². The predicted molar refractivity (Wildman–Crippen MR) is 116 cm³/mol. The molecule has 4 rings (SSSR count). The summed E-state index contributed by atoms with van der Waals surface area (Å²) < 4.78 is 7.32. The van der Waals surface area contributed by atoms with Gasteiger partial charge in [0.2, 0.25) is 0 Å². The van der Waals surface area contributed by atoms with Gasteiger partial charge in [0.25, 0.3) is 5.91 Å². The Bertz CT molecular complexity index is 1100. The number of rotatable bonds is 3. The molecule has 0 saturated carbocycles. The first-order chi connectivity index (χ1) is 13.9. The number of carbonyl (C=O) groups is 1. The lowest BCUT2D eigenvalue weighted by Gasteiger charge is -2.27. The molecule has 1 aliphatic rings. The molecule has 0 radical (unpaired) electrons. The number of fused-ring (bicyclic) bond motifs is 1.